The molecule has 0 saturated heterocycles. The molecule has 0 spiro atoms. The van der Waals surface area contributed by atoms with Gasteiger partial charge in [0.05, 0.1) is 29.9 Å². The average Bonchev–Trinajstić information content (AvgIpc) is 3.51. The number of hydrazone groups is 1. The molecule has 5 aromatic rings. The normalized spacial score (nSPS) is 11.3. The number of hydrogen-bond donors (Lipinski definition) is 1. The van der Waals surface area contributed by atoms with Gasteiger partial charge in [-0.05, 0) is 41.1 Å². The highest BCUT2D eigenvalue weighted by atomic mass is 16.6. The fourth-order valence-electron chi connectivity index (χ4n) is 3.68. The fourth-order valence-corrected chi connectivity index (χ4v) is 3.68. The highest BCUT2D eigenvalue weighted by Gasteiger charge is 2.16. The summed E-state index contributed by atoms with van der Waals surface area (Å²) in [5.41, 5.74) is 3.50. The van der Waals surface area contributed by atoms with Gasteiger partial charge in [-0.3, -0.25) is 14.9 Å². The molecule has 0 aliphatic carbocycles. The van der Waals surface area contributed by atoms with Crippen molar-refractivity contribution in [3.63, 3.8) is 0 Å². The molecule has 0 saturated carbocycles. The van der Waals surface area contributed by atoms with Gasteiger partial charge in [0.25, 0.3) is 5.69 Å². The van der Waals surface area contributed by atoms with Crippen LogP contribution in [0, 0.1) is 10.1 Å². The molecule has 34 heavy (non-hydrogen) atoms. The van der Waals surface area contributed by atoms with Gasteiger partial charge in [-0.15, -0.1) is 0 Å². The Labute approximate surface area is 192 Å². The number of non-ortho nitro benzene ring substituents is 1. The van der Waals surface area contributed by atoms with Crippen LogP contribution in [-0.2, 0) is 0 Å². The first kappa shape index (κ1) is 21.0. The van der Waals surface area contributed by atoms with Crippen molar-refractivity contribution in [2.75, 3.05) is 7.11 Å². The molecule has 3 aromatic carbocycles. The lowest BCUT2D eigenvalue weighted by molar-refractivity contribution is -0.384. The van der Waals surface area contributed by atoms with Crippen molar-refractivity contribution in [2.24, 2.45) is 5.10 Å². The first-order valence-electron chi connectivity index (χ1n) is 10.2. The molecule has 1 amide bonds. The third kappa shape index (κ3) is 3.86. The van der Waals surface area contributed by atoms with Crippen LogP contribution in [0.2, 0.25) is 0 Å². The van der Waals surface area contributed by atoms with Gasteiger partial charge in [-0.25, -0.2) is 5.43 Å². The second-order valence-electron chi connectivity index (χ2n) is 7.35. The Kier molecular flexibility index (Phi) is 5.27. The van der Waals surface area contributed by atoms with E-state index in [9.17, 15) is 14.9 Å². The molecule has 0 atom stereocenters. The Bertz CT molecular complexity index is 1580. The van der Waals surface area contributed by atoms with Crippen LogP contribution in [-0.4, -0.2) is 24.2 Å². The molecular formula is C25H17N3O6. The maximum absolute atomic E-state index is 12.5. The van der Waals surface area contributed by atoms with Crippen LogP contribution in [0.3, 0.4) is 0 Å². The van der Waals surface area contributed by atoms with Crippen molar-refractivity contribution >= 4 is 39.6 Å². The smallest absolute Gasteiger partial charge is 0.307 e. The van der Waals surface area contributed by atoms with Crippen LogP contribution in [0.15, 0.2) is 86.7 Å². The summed E-state index contributed by atoms with van der Waals surface area (Å²) in [6, 6.07) is 20.9. The van der Waals surface area contributed by atoms with E-state index in [0.29, 0.717) is 28.4 Å². The monoisotopic (exact) mass is 455 g/mol. The number of hydrogen-bond acceptors (Lipinski definition) is 7. The lowest BCUT2D eigenvalue weighted by Gasteiger charge is -2.05. The lowest BCUT2D eigenvalue weighted by atomic mass is 10.1. The molecule has 168 valence electrons. The minimum atomic E-state index is -0.500. The van der Waals surface area contributed by atoms with Crippen molar-refractivity contribution in [3.05, 3.63) is 94.4 Å². The minimum absolute atomic E-state index is 0.0877. The fraction of sp³-hybridized carbons (Fsp3) is 0.0400. The SMILES string of the molecule is COc1cc([N+](=O)[O-])ccc1-c1ccc(/C=N\NC(=O)c2cc3c(ccc4ccccc43)o2)o1. The Morgan fingerprint density at radius 3 is 2.71 bits per heavy atom. The summed E-state index contributed by atoms with van der Waals surface area (Å²) in [7, 11) is 1.42. The molecule has 0 fully saturated rings. The van der Waals surface area contributed by atoms with Gasteiger partial charge in [0.15, 0.2) is 5.76 Å². The molecule has 5 rings (SSSR count). The second kappa shape index (κ2) is 8.55. The molecule has 2 heterocycles. The Balaban J connectivity index is 1.32. The number of benzene rings is 3. The molecule has 0 unspecified atom stereocenters. The van der Waals surface area contributed by atoms with E-state index in [1.807, 2.05) is 36.4 Å². The van der Waals surface area contributed by atoms with E-state index >= 15 is 0 Å². The Morgan fingerprint density at radius 2 is 1.88 bits per heavy atom. The van der Waals surface area contributed by atoms with Crippen molar-refractivity contribution in [1.82, 2.24) is 5.43 Å². The number of carbonyl (C=O) groups is 1. The molecular weight excluding hydrogens is 438 g/mol. The number of nitrogens with one attached hydrogen (secondary N) is 1. The van der Waals surface area contributed by atoms with E-state index in [2.05, 4.69) is 10.5 Å². The van der Waals surface area contributed by atoms with Gasteiger partial charge in [0, 0.05) is 11.5 Å². The molecule has 9 nitrogen and oxygen atoms in total. The maximum atomic E-state index is 12.5. The highest BCUT2D eigenvalue weighted by molar-refractivity contribution is 6.08. The zero-order valence-corrected chi connectivity index (χ0v) is 17.8. The summed E-state index contributed by atoms with van der Waals surface area (Å²) >= 11 is 0. The number of amides is 1. The van der Waals surface area contributed by atoms with Crippen LogP contribution in [0.5, 0.6) is 5.75 Å². The van der Waals surface area contributed by atoms with Crippen LogP contribution in [0.1, 0.15) is 16.3 Å². The largest absolute Gasteiger partial charge is 0.496 e. The van der Waals surface area contributed by atoms with E-state index < -0.39 is 10.8 Å². The predicted molar refractivity (Wildman–Crippen MR) is 126 cm³/mol. The van der Waals surface area contributed by atoms with E-state index in [0.717, 1.165) is 16.2 Å². The summed E-state index contributed by atoms with van der Waals surface area (Å²) in [5, 5.41) is 17.8. The number of nitro groups is 1. The summed E-state index contributed by atoms with van der Waals surface area (Å²) < 4.78 is 16.7. The molecule has 1 N–H and O–H groups in total. The minimum Gasteiger partial charge on any atom is -0.496 e. The number of methoxy groups -OCH3 is 1. The number of rotatable bonds is 6. The molecule has 0 aliphatic rings. The number of furan rings is 2. The van der Waals surface area contributed by atoms with Gasteiger partial charge < -0.3 is 13.6 Å². The number of ether oxygens (including phenoxy) is 1. The average molecular weight is 455 g/mol. The van der Waals surface area contributed by atoms with Crippen LogP contribution >= 0.6 is 0 Å². The summed E-state index contributed by atoms with van der Waals surface area (Å²) in [4.78, 5) is 23.0. The zero-order chi connectivity index (χ0) is 23.7. The third-order valence-corrected chi connectivity index (χ3v) is 5.30. The van der Waals surface area contributed by atoms with Gasteiger partial charge >= 0.3 is 5.91 Å². The first-order chi connectivity index (χ1) is 16.5. The number of carbonyl (C=O) groups excluding carboxylic acids is 1. The van der Waals surface area contributed by atoms with Crippen LogP contribution in [0.25, 0.3) is 33.1 Å². The van der Waals surface area contributed by atoms with Crippen molar-refractivity contribution in [2.45, 2.75) is 0 Å². The van der Waals surface area contributed by atoms with E-state index in [-0.39, 0.29) is 11.4 Å². The predicted octanol–water partition coefficient (Wildman–Crippen LogP) is 5.53. The van der Waals surface area contributed by atoms with Gasteiger partial charge in [-0.2, -0.15) is 5.10 Å². The van der Waals surface area contributed by atoms with Crippen LogP contribution in [0.4, 0.5) is 5.69 Å². The lowest BCUT2D eigenvalue weighted by Crippen LogP contribution is -2.16. The third-order valence-electron chi connectivity index (χ3n) is 5.30. The van der Waals surface area contributed by atoms with E-state index in [1.165, 1.54) is 25.5 Å². The highest BCUT2D eigenvalue weighted by Crippen LogP contribution is 2.34. The maximum Gasteiger partial charge on any atom is 0.307 e. The molecule has 9 heteroatoms. The van der Waals surface area contributed by atoms with E-state index in [1.54, 1.807) is 24.3 Å². The summed E-state index contributed by atoms with van der Waals surface area (Å²) in [6.45, 7) is 0. The quantitative estimate of drug-likeness (QED) is 0.204. The topological polar surface area (TPSA) is 120 Å². The van der Waals surface area contributed by atoms with Gasteiger partial charge in [0.1, 0.15) is 22.9 Å². The summed E-state index contributed by atoms with van der Waals surface area (Å²) in [5.74, 6) is 0.743. The molecule has 0 aliphatic heterocycles. The first-order valence-corrected chi connectivity index (χ1v) is 10.2. The van der Waals surface area contributed by atoms with Crippen LogP contribution < -0.4 is 10.2 Å². The number of nitro benzene ring substituents is 1. The summed E-state index contributed by atoms with van der Waals surface area (Å²) in [6.07, 6.45) is 1.34. The number of nitrogens with zero attached hydrogens (tertiary/aromatic N) is 2. The van der Waals surface area contributed by atoms with E-state index in [4.69, 9.17) is 13.6 Å². The van der Waals surface area contributed by atoms with Crippen molar-refractivity contribution in [3.8, 4) is 17.1 Å². The second-order valence-corrected chi connectivity index (χ2v) is 7.35. The number of fused-ring (bicyclic) bond motifs is 3. The molecule has 2 aromatic heterocycles. The van der Waals surface area contributed by atoms with Crippen molar-refractivity contribution < 1.29 is 23.3 Å². The van der Waals surface area contributed by atoms with Gasteiger partial charge in [0.2, 0.25) is 0 Å². The van der Waals surface area contributed by atoms with Gasteiger partial charge in [-0.1, -0.05) is 30.3 Å². The Morgan fingerprint density at radius 1 is 1.03 bits per heavy atom. The Hall–Kier alpha value is -4.92. The van der Waals surface area contributed by atoms with Crippen molar-refractivity contribution in [1.29, 1.82) is 0 Å². The molecule has 0 bridgehead atoms. The molecule has 0 radical (unpaired) electrons. The standard InChI is InChI=1S/C25H17N3O6/c1-32-23-12-16(28(30)31)7-9-19(23)21-11-8-17(33-21)14-26-27-25(29)24-13-20-18-5-3-2-4-15(18)6-10-22(20)34-24/h2-14H,1H3,(H,27,29)/b26-14-. The zero-order valence-electron chi connectivity index (χ0n) is 17.8.